The molecule has 7 heteroatoms. The molecule has 0 radical (unpaired) electrons. The van der Waals surface area contributed by atoms with E-state index in [9.17, 15) is 0 Å². The smallest absolute Gasteiger partial charge is 0.213 e. The number of rotatable bonds is 5. The van der Waals surface area contributed by atoms with Crippen LogP contribution in [0.1, 0.15) is 38.2 Å². The van der Waals surface area contributed by atoms with Crippen LogP contribution in [-0.2, 0) is 18.5 Å². The molecule has 0 atom stereocenters. The Morgan fingerprint density at radius 1 is 1.22 bits per heavy atom. The third-order valence-electron chi connectivity index (χ3n) is 4.40. The molecule has 0 unspecified atom stereocenters. The Balaban J connectivity index is 1.53. The minimum Gasteiger partial charge on any atom is -0.443 e. The molecule has 0 fully saturated rings. The maximum atomic E-state index is 5.80. The fraction of sp³-hybridized carbons (Fsp3) is 0.450. The number of benzene rings is 1. The van der Waals surface area contributed by atoms with Crippen LogP contribution in [0.5, 0.6) is 0 Å². The molecule has 144 valence electrons. The highest BCUT2D eigenvalue weighted by Crippen LogP contribution is 2.22. The topological polar surface area (TPSA) is 80.3 Å². The molecule has 1 aromatic carbocycles. The quantitative estimate of drug-likeness (QED) is 0.534. The number of fused-ring (bicyclic) bond motifs is 1. The Morgan fingerprint density at radius 3 is 2.70 bits per heavy atom. The molecule has 0 aliphatic rings. The van der Waals surface area contributed by atoms with Crippen LogP contribution in [0.25, 0.3) is 11.0 Å². The minimum atomic E-state index is -0.0450. The van der Waals surface area contributed by atoms with Crippen LogP contribution in [0, 0.1) is 6.92 Å². The van der Waals surface area contributed by atoms with E-state index in [1.165, 1.54) is 0 Å². The first-order chi connectivity index (χ1) is 12.9. The second-order valence-corrected chi connectivity index (χ2v) is 7.52. The maximum absolute atomic E-state index is 5.80. The number of hydrogen-bond donors (Lipinski definition) is 2. The lowest BCUT2D eigenvalue weighted by Crippen LogP contribution is -2.38. The summed E-state index contributed by atoms with van der Waals surface area (Å²) in [6, 6.07) is 8.18. The highest BCUT2D eigenvalue weighted by atomic mass is 16.4. The highest BCUT2D eigenvalue weighted by Gasteiger charge is 2.19. The first-order valence-electron chi connectivity index (χ1n) is 9.20. The van der Waals surface area contributed by atoms with Crippen molar-refractivity contribution in [2.24, 2.45) is 4.99 Å². The van der Waals surface area contributed by atoms with Crippen molar-refractivity contribution in [1.82, 2.24) is 25.2 Å². The van der Waals surface area contributed by atoms with Gasteiger partial charge >= 0.3 is 0 Å². The number of imidazole rings is 1. The van der Waals surface area contributed by atoms with E-state index >= 15 is 0 Å². The lowest BCUT2D eigenvalue weighted by atomic mass is 9.94. The molecule has 2 N–H and O–H groups in total. The average Bonchev–Trinajstić information content (AvgIpc) is 3.22. The number of aryl methyl sites for hydroxylation is 1. The molecule has 2 aromatic heterocycles. The maximum Gasteiger partial charge on any atom is 0.213 e. The van der Waals surface area contributed by atoms with Crippen molar-refractivity contribution in [3.8, 4) is 0 Å². The van der Waals surface area contributed by atoms with Crippen molar-refractivity contribution in [3.63, 3.8) is 0 Å². The predicted molar refractivity (Wildman–Crippen MR) is 108 cm³/mol. The second kappa shape index (κ2) is 7.82. The number of nitrogens with zero attached hydrogens (tertiary/aromatic N) is 4. The molecule has 7 nitrogen and oxygen atoms in total. The third-order valence-corrected chi connectivity index (χ3v) is 4.40. The number of aromatic nitrogens is 3. The van der Waals surface area contributed by atoms with Gasteiger partial charge in [-0.1, -0.05) is 32.9 Å². The Hall–Kier alpha value is -2.83. The van der Waals surface area contributed by atoms with E-state index in [0.29, 0.717) is 18.4 Å². The van der Waals surface area contributed by atoms with Gasteiger partial charge in [0, 0.05) is 25.6 Å². The lowest BCUT2D eigenvalue weighted by molar-refractivity contribution is 0.379. The molecule has 0 bridgehead atoms. The largest absolute Gasteiger partial charge is 0.443 e. The molecule has 0 spiro atoms. The Kier molecular flexibility index (Phi) is 5.48. The van der Waals surface area contributed by atoms with Gasteiger partial charge in [-0.25, -0.2) is 9.97 Å². The van der Waals surface area contributed by atoms with Gasteiger partial charge in [-0.05, 0) is 19.1 Å². The van der Waals surface area contributed by atoms with E-state index in [-0.39, 0.29) is 5.41 Å². The van der Waals surface area contributed by atoms with Crippen LogP contribution in [0.4, 0.5) is 0 Å². The molecule has 2 heterocycles. The molecule has 0 aliphatic carbocycles. The number of nitrogens with one attached hydrogen (secondary N) is 2. The summed E-state index contributed by atoms with van der Waals surface area (Å²) in [4.78, 5) is 13.2. The van der Waals surface area contributed by atoms with Gasteiger partial charge in [0.05, 0.1) is 23.8 Å². The molecular formula is C20H28N6O. The molecule has 0 aliphatic heterocycles. The molecule has 3 rings (SSSR count). The van der Waals surface area contributed by atoms with Crippen molar-refractivity contribution in [2.45, 2.75) is 46.2 Å². The van der Waals surface area contributed by atoms with E-state index in [4.69, 9.17) is 4.42 Å². The second-order valence-electron chi connectivity index (χ2n) is 7.52. The fourth-order valence-corrected chi connectivity index (χ4v) is 2.88. The summed E-state index contributed by atoms with van der Waals surface area (Å²) < 4.78 is 8.01. The molecular weight excluding hydrogens is 340 g/mol. The average molecular weight is 368 g/mol. The standard InChI is InChI=1S/C20H28N6O/c1-14-25-15-8-6-7-9-16(15)26(14)11-10-22-19(21-5)24-13-18-23-12-17(27-18)20(2,3)4/h6-9,12H,10-11,13H2,1-5H3,(H2,21,22,24). The summed E-state index contributed by atoms with van der Waals surface area (Å²) in [5.74, 6) is 3.26. The Morgan fingerprint density at radius 2 is 2.00 bits per heavy atom. The van der Waals surface area contributed by atoms with Crippen molar-refractivity contribution >= 4 is 17.0 Å². The van der Waals surface area contributed by atoms with Crippen molar-refractivity contribution in [2.75, 3.05) is 13.6 Å². The van der Waals surface area contributed by atoms with Crippen LogP contribution in [-0.4, -0.2) is 34.1 Å². The number of aliphatic imine (C=N–C) groups is 1. The predicted octanol–water partition coefficient (Wildman–Crippen LogP) is 3.00. The summed E-state index contributed by atoms with van der Waals surface area (Å²) in [5, 5.41) is 6.57. The van der Waals surface area contributed by atoms with E-state index in [2.05, 4.69) is 57.0 Å². The Bertz CT molecular complexity index is 931. The van der Waals surface area contributed by atoms with Crippen molar-refractivity contribution < 1.29 is 4.42 Å². The zero-order chi connectivity index (χ0) is 19.4. The monoisotopic (exact) mass is 368 g/mol. The lowest BCUT2D eigenvalue weighted by Gasteiger charge is -2.14. The SMILES string of the molecule is CN=C(NCCn1c(C)nc2ccccc21)NCc1ncc(C(C)(C)C)o1. The summed E-state index contributed by atoms with van der Waals surface area (Å²) in [7, 11) is 1.75. The first kappa shape index (κ1) is 18.9. The Labute approximate surface area is 159 Å². The summed E-state index contributed by atoms with van der Waals surface area (Å²) in [6.45, 7) is 10.4. The molecule has 3 aromatic rings. The number of hydrogen-bond acceptors (Lipinski definition) is 4. The summed E-state index contributed by atoms with van der Waals surface area (Å²) in [5.41, 5.74) is 2.13. The minimum absolute atomic E-state index is 0.0450. The van der Waals surface area contributed by atoms with E-state index in [1.807, 2.05) is 25.1 Å². The van der Waals surface area contributed by atoms with Crippen LogP contribution in [0.2, 0.25) is 0 Å². The summed E-state index contributed by atoms with van der Waals surface area (Å²) in [6.07, 6.45) is 1.79. The molecule has 0 saturated carbocycles. The first-order valence-corrected chi connectivity index (χ1v) is 9.20. The zero-order valence-corrected chi connectivity index (χ0v) is 16.7. The van der Waals surface area contributed by atoms with Gasteiger partial charge in [-0.15, -0.1) is 0 Å². The highest BCUT2D eigenvalue weighted by molar-refractivity contribution is 5.79. The van der Waals surface area contributed by atoms with Gasteiger partial charge in [-0.2, -0.15) is 0 Å². The van der Waals surface area contributed by atoms with Gasteiger partial charge < -0.3 is 19.6 Å². The molecule has 0 saturated heterocycles. The van der Waals surface area contributed by atoms with E-state index in [1.54, 1.807) is 13.2 Å². The normalized spacial score (nSPS) is 12.6. The van der Waals surface area contributed by atoms with Gasteiger partial charge in [0.15, 0.2) is 5.96 Å². The van der Waals surface area contributed by atoms with Gasteiger partial charge in [0.1, 0.15) is 11.6 Å². The third kappa shape index (κ3) is 4.48. The number of para-hydroxylation sites is 2. The van der Waals surface area contributed by atoms with Crippen LogP contribution >= 0.6 is 0 Å². The van der Waals surface area contributed by atoms with Gasteiger partial charge in [-0.3, -0.25) is 4.99 Å². The van der Waals surface area contributed by atoms with Crippen molar-refractivity contribution in [1.29, 1.82) is 0 Å². The van der Waals surface area contributed by atoms with Crippen LogP contribution in [0.3, 0.4) is 0 Å². The molecule has 27 heavy (non-hydrogen) atoms. The van der Waals surface area contributed by atoms with Crippen LogP contribution in [0.15, 0.2) is 39.9 Å². The van der Waals surface area contributed by atoms with Crippen molar-refractivity contribution in [3.05, 3.63) is 47.9 Å². The number of oxazole rings is 1. The van der Waals surface area contributed by atoms with Gasteiger partial charge in [0.2, 0.25) is 5.89 Å². The van der Waals surface area contributed by atoms with Gasteiger partial charge in [0.25, 0.3) is 0 Å². The fourth-order valence-electron chi connectivity index (χ4n) is 2.88. The van der Waals surface area contributed by atoms with Crippen LogP contribution < -0.4 is 10.6 Å². The molecule has 0 amide bonds. The number of guanidine groups is 1. The van der Waals surface area contributed by atoms with E-state index < -0.39 is 0 Å². The summed E-state index contributed by atoms with van der Waals surface area (Å²) >= 11 is 0. The van der Waals surface area contributed by atoms with E-state index in [0.717, 1.165) is 35.7 Å². The zero-order valence-electron chi connectivity index (χ0n) is 16.7.